The summed E-state index contributed by atoms with van der Waals surface area (Å²) in [5.74, 6) is 1.40. The monoisotopic (exact) mass is 351 g/mol. The van der Waals surface area contributed by atoms with Crippen LogP contribution in [-0.4, -0.2) is 17.1 Å². The molecule has 0 bridgehead atoms. The first kappa shape index (κ1) is 13.3. The lowest BCUT2D eigenvalue weighted by Crippen LogP contribution is -1.88. The van der Waals surface area contributed by atoms with Crippen LogP contribution in [0.25, 0.3) is 22.4 Å². The smallest absolute Gasteiger partial charge is 0.138 e. The minimum atomic E-state index is 0.548. The summed E-state index contributed by atoms with van der Waals surface area (Å²) in [6.45, 7) is 0. The van der Waals surface area contributed by atoms with E-state index in [1.807, 2.05) is 24.3 Å². The van der Waals surface area contributed by atoms with E-state index >= 15 is 0 Å². The highest BCUT2D eigenvalue weighted by molar-refractivity contribution is 9.10. The molecule has 0 radical (unpaired) electrons. The van der Waals surface area contributed by atoms with E-state index in [1.54, 1.807) is 13.2 Å². The molecule has 0 unspecified atom stereocenters. The van der Waals surface area contributed by atoms with Crippen molar-refractivity contribution in [1.82, 2.24) is 9.97 Å². The Morgan fingerprint density at radius 2 is 2.10 bits per heavy atom. The lowest BCUT2D eigenvalue weighted by Gasteiger charge is -2.00. The summed E-state index contributed by atoms with van der Waals surface area (Å²) >= 11 is 9.58. The van der Waals surface area contributed by atoms with Crippen molar-refractivity contribution < 1.29 is 4.74 Å². The van der Waals surface area contributed by atoms with Gasteiger partial charge < -0.3 is 15.5 Å². The molecule has 1 aromatic heterocycles. The number of methoxy groups -OCH3 is 1. The number of nitrogens with one attached hydrogen (secondary N) is 1. The van der Waals surface area contributed by atoms with Gasteiger partial charge in [-0.15, -0.1) is 0 Å². The van der Waals surface area contributed by atoms with Crippen molar-refractivity contribution in [2.75, 3.05) is 12.8 Å². The second-order valence-corrected chi connectivity index (χ2v) is 5.59. The summed E-state index contributed by atoms with van der Waals surface area (Å²) in [6, 6.07) is 9.28. The summed E-state index contributed by atoms with van der Waals surface area (Å²) in [6.07, 6.45) is 0. The molecule has 0 spiro atoms. The van der Waals surface area contributed by atoms with Gasteiger partial charge in [-0.1, -0.05) is 11.6 Å². The highest BCUT2D eigenvalue weighted by atomic mass is 79.9. The highest BCUT2D eigenvalue weighted by Crippen LogP contribution is 2.31. The molecule has 0 saturated carbocycles. The Balaban J connectivity index is 2.17. The van der Waals surface area contributed by atoms with Crippen LogP contribution in [0.5, 0.6) is 5.75 Å². The number of hydrogen-bond donors (Lipinski definition) is 2. The Morgan fingerprint density at radius 3 is 2.80 bits per heavy atom. The minimum absolute atomic E-state index is 0.548. The summed E-state index contributed by atoms with van der Waals surface area (Å²) < 4.78 is 6.05. The van der Waals surface area contributed by atoms with Gasteiger partial charge in [-0.05, 0) is 34.1 Å². The van der Waals surface area contributed by atoms with Crippen LogP contribution in [0.3, 0.4) is 0 Å². The van der Waals surface area contributed by atoms with Crippen LogP contribution in [0, 0.1) is 0 Å². The summed E-state index contributed by atoms with van der Waals surface area (Å²) in [5, 5.41) is 0.548. The molecule has 20 heavy (non-hydrogen) atoms. The van der Waals surface area contributed by atoms with E-state index in [1.165, 1.54) is 0 Å². The number of nitrogens with two attached hydrogens (primary N) is 1. The largest absolute Gasteiger partial charge is 0.497 e. The minimum Gasteiger partial charge on any atom is -0.497 e. The number of nitrogen functional groups attached to an aromatic ring is 1. The molecular weight excluding hydrogens is 342 g/mol. The highest BCUT2D eigenvalue weighted by Gasteiger charge is 2.11. The van der Waals surface area contributed by atoms with Crippen LogP contribution >= 0.6 is 27.5 Å². The first-order chi connectivity index (χ1) is 9.58. The molecule has 3 aromatic rings. The molecule has 0 aliphatic carbocycles. The SMILES string of the molecule is COc1cc(Cl)c2nc(-c3ccc(Br)c(N)c3)[nH]c2c1. The van der Waals surface area contributed by atoms with Gasteiger partial charge >= 0.3 is 0 Å². The van der Waals surface area contributed by atoms with E-state index in [0.717, 1.165) is 15.6 Å². The second-order valence-electron chi connectivity index (χ2n) is 4.33. The van der Waals surface area contributed by atoms with E-state index in [4.69, 9.17) is 22.1 Å². The van der Waals surface area contributed by atoms with Crippen LogP contribution in [-0.2, 0) is 0 Å². The van der Waals surface area contributed by atoms with Crippen LogP contribution in [0.1, 0.15) is 0 Å². The van der Waals surface area contributed by atoms with Gasteiger partial charge in [0.2, 0.25) is 0 Å². The number of aromatic amines is 1. The number of fused-ring (bicyclic) bond motifs is 1. The predicted octanol–water partition coefficient (Wildman–Crippen LogP) is 4.24. The van der Waals surface area contributed by atoms with Gasteiger partial charge in [0.05, 0.1) is 17.6 Å². The number of ether oxygens (including phenoxy) is 1. The Bertz CT molecular complexity index is 800. The number of anilines is 1. The van der Waals surface area contributed by atoms with Crippen LogP contribution in [0.4, 0.5) is 5.69 Å². The van der Waals surface area contributed by atoms with Crippen molar-refractivity contribution in [3.8, 4) is 17.1 Å². The van der Waals surface area contributed by atoms with E-state index in [-0.39, 0.29) is 0 Å². The number of H-pyrrole nitrogens is 1. The van der Waals surface area contributed by atoms with E-state index in [9.17, 15) is 0 Å². The average Bonchev–Trinajstić information content (AvgIpc) is 2.86. The molecule has 3 rings (SSSR count). The molecule has 3 N–H and O–H groups in total. The van der Waals surface area contributed by atoms with Gasteiger partial charge in [-0.2, -0.15) is 0 Å². The molecule has 6 heteroatoms. The first-order valence-electron chi connectivity index (χ1n) is 5.87. The third-order valence-corrected chi connectivity index (χ3v) is 4.03. The fraction of sp³-hybridized carbons (Fsp3) is 0.0714. The maximum absolute atomic E-state index is 6.20. The second kappa shape index (κ2) is 5.00. The maximum atomic E-state index is 6.20. The first-order valence-corrected chi connectivity index (χ1v) is 7.04. The van der Waals surface area contributed by atoms with Crippen LogP contribution in [0.2, 0.25) is 5.02 Å². The Hall–Kier alpha value is -1.72. The average molecular weight is 353 g/mol. The molecule has 0 aliphatic rings. The zero-order chi connectivity index (χ0) is 14.3. The summed E-state index contributed by atoms with van der Waals surface area (Å²) in [4.78, 5) is 7.74. The topological polar surface area (TPSA) is 63.9 Å². The molecule has 0 amide bonds. The molecule has 0 fully saturated rings. The molecule has 0 aliphatic heterocycles. The fourth-order valence-electron chi connectivity index (χ4n) is 2.00. The number of hydrogen-bond acceptors (Lipinski definition) is 3. The fourth-order valence-corrected chi connectivity index (χ4v) is 2.49. The third-order valence-electron chi connectivity index (χ3n) is 3.02. The van der Waals surface area contributed by atoms with E-state index in [2.05, 4.69) is 25.9 Å². The molecular formula is C14H11BrClN3O. The van der Waals surface area contributed by atoms with Gasteiger partial charge in [0.25, 0.3) is 0 Å². The number of imidazole rings is 1. The third kappa shape index (κ3) is 2.23. The Labute approximate surface area is 129 Å². The van der Waals surface area contributed by atoms with Gasteiger partial charge in [0.15, 0.2) is 0 Å². The van der Waals surface area contributed by atoms with Gasteiger partial charge in [0.1, 0.15) is 17.1 Å². The molecule has 0 atom stereocenters. The predicted molar refractivity (Wildman–Crippen MR) is 85.2 cm³/mol. The number of benzene rings is 2. The maximum Gasteiger partial charge on any atom is 0.138 e. The number of nitrogens with zero attached hydrogens (tertiary/aromatic N) is 1. The van der Waals surface area contributed by atoms with Crippen LogP contribution in [0.15, 0.2) is 34.8 Å². The number of aromatic nitrogens is 2. The molecule has 4 nitrogen and oxygen atoms in total. The summed E-state index contributed by atoms with van der Waals surface area (Å²) in [5.41, 5.74) is 8.99. The lowest BCUT2D eigenvalue weighted by molar-refractivity contribution is 0.415. The van der Waals surface area contributed by atoms with E-state index < -0.39 is 0 Å². The van der Waals surface area contributed by atoms with Crippen LogP contribution < -0.4 is 10.5 Å². The molecule has 102 valence electrons. The van der Waals surface area contributed by atoms with Gasteiger partial charge in [-0.3, -0.25) is 0 Å². The quantitative estimate of drug-likeness (QED) is 0.678. The normalized spacial score (nSPS) is 10.9. The molecule has 1 heterocycles. The Morgan fingerprint density at radius 1 is 1.30 bits per heavy atom. The van der Waals surface area contributed by atoms with Crippen molar-refractivity contribution in [3.05, 3.63) is 39.8 Å². The van der Waals surface area contributed by atoms with Crippen molar-refractivity contribution in [1.29, 1.82) is 0 Å². The van der Waals surface area contributed by atoms with Crippen molar-refractivity contribution in [2.24, 2.45) is 0 Å². The Kier molecular flexibility index (Phi) is 3.31. The molecule has 2 aromatic carbocycles. The lowest BCUT2D eigenvalue weighted by atomic mass is 10.2. The van der Waals surface area contributed by atoms with Crippen molar-refractivity contribution >= 4 is 44.3 Å². The van der Waals surface area contributed by atoms with Crippen molar-refractivity contribution in [2.45, 2.75) is 0 Å². The summed E-state index contributed by atoms with van der Waals surface area (Å²) in [7, 11) is 1.60. The zero-order valence-electron chi connectivity index (χ0n) is 10.6. The zero-order valence-corrected chi connectivity index (χ0v) is 12.9. The van der Waals surface area contributed by atoms with Gasteiger partial charge in [-0.25, -0.2) is 4.98 Å². The molecule has 0 saturated heterocycles. The van der Waals surface area contributed by atoms with Crippen molar-refractivity contribution in [3.63, 3.8) is 0 Å². The van der Waals surface area contributed by atoms with E-state index in [0.29, 0.717) is 27.8 Å². The number of halogens is 2. The standard InChI is InChI=1S/C14H11BrClN3O/c1-20-8-5-10(16)13-12(6-8)18-14(19-13)7-2-3-9(15)11(17)4-7/h2-6H,17H2,1H3,(H,18,19). The van der Waals surface area contributed by atoms with Gasteiger partial charge in [0, 0.05) is 27.9 Å². The number of rotatable bonds is 2.